The molecule has 0 saturated carbocycles. The van der Waals surface area contributed by atoms with Crippen molar-refractivity contribution in [1.29, 1.82) is 0 Å². The van der Waals surface area contributed by atoms with Gasteiger partial charge in [-0.2, -0.15) is 0 Å². The summed E-state index contributed by atoms with van der Waals surface area (Å²) in [4.78, 5) is 0. The van der Waals surface area contributed by atoms with Crippen molar-refractivity contribution in [1.82, 2.24) is 0 Å². The third-order valence-electron chi connectivity index (χ3n) is 10.0. The fourth-order valence-electron chi connectivity index (χ4n) is 6.56. The van der Waals surface area contributed by atoms with Gasteiger partial charge in [0.25, 0.3) is 0 Å². The maximum atomic E-state index is 7.20. The van der Waals surface area contributed by atoms with Crippen LogP contribution in [-0.2, 0) is 9.16 Å². The molecule has 0 aromatic carbocycles. The average Bonchev–Trinajstić information content (AvgIpc) is 3.06. The van der Waals surface area contributed by atoms with Crippen LogP contribution in [0.1, 0.15) is 107 Å². The van der Waals surface area contributed by atoms with Crippen molar-refractivity contribution >= 4 is 26.7 Å². The molecule has 6 atom stereocenters. The van der Waals surface area contributed by atoms with E-state index in [0.717, 1.165) is 3.93 Å². The van der Waals surface area contributed by atoms with E-state index in [0.29, 0.717) is 24.0 Å². The van der Waals surface area contributed by atoms with Gasteiger partial charge in [-0.15, -0.1) is 0 Å². The molecule has 2 saturated heterocycles. The SMILES string of the molecule is CCC[CH2][Sn]([CH2]CCC)([CH2]CCC)[C@H]1C[C@@]2(C)O[C@@H]1[C@@H](C)[C@@H](O[Si](C)(C)C(C)(C)C)[C@H]2C. The second kappa shape index (κ2) is 11.3. The Labute approximate surface area is 207 Å². The molecule has 32 heavy (non-hydrogen) atoms. The molecule has 0 unspecified atom stereocenters. The van der Waals surface area contributed by atoms with Gasteiger partial charge in [0.1, 0.15) is 0 Å². The third kappa shape index (κ3) is 6.01. The Hall–Kier alpha value is 0.936. The molecule has 2 rings (SSSR count). The zero-order chi connectivity index (χ0) is 24.4. The predicted molar refractivity (Wildman–Crippen MR) is 147 cm³/mol. The molecule has 0 aliphatic carbocycles. The maximum absolute atomic E-state index is 7.20. The van der Waals surface area contributed by atoms with Crippen LogP contribution in [-0.4, -0.2) is 44.5 Å². The molecule has 2 aliphatic heterocycles. The van der Waals surface area contributed by atoms with Gasteiger partial charge in [0, 0.05) is 0 Å². The van der Waals surface area contributed by atoms with Crippen molar-refractivity contribution in [2.45, 2.75) is 160 Å². The van der Waals surface area contributed by atoms with Crippen LogP contribution in [0.5, 0.6) is 0 Å². The minimum atomic E-state index is -2.38. The molecule has 2 fully saturated rings. The number of fused-ring (bicyclic) bond motifs is 2. The summed E-state index contributed by atoms with van der Waals surface area (Å²) in [7, 11) is -1.81. The quantitative estimate of drug-likeness (QED) is 0.217. The fraction of sp³-hybridized carbons (Fsp3) is 1.00. The van der Waals surface area contributed by atoms with Crippen molar-refractivity contribution < 1.29 is 9.16 Å². The Kier molecular flexibility index (Phi) is 10.3. The number of hydrogen-bond acceptors (Lipinski definition) is 2. The molecular weight excluding hydrogens is 515 g/mol. The van der Waals surface area contributed by atoms with E-state index < -0.39 is 26.7 Å². The molecule has 4 heteroatoms. The fourth-order valence-corrected chi connectivity index (χ4v) is 27.8. The molecule has 2 heterocycles. The van der Waals surface area contributed by atoms with Crippen LogP contribution < -0.4 is 0 Å². The van der Waals surface area contributed by atoms with E-state index in [1.54, 1.807) is 13.3 Å². The van der Waals surface area contributed by atoms with Gasteiger partial charge in [0.15, 0.2) is 0 Å². The van der Waals surface area contributed by atoms with Gasteiger partial charge in [-0.05, 0) is 0 Å². The van der Waals surface area contributed by atoms with Crippen LogP contribution in [0.15, 0.2) is 0 Å². The Balaban J connectivity index is 2.41. The molecular formula is C28H58O2SiSn. The average molecular weight is 574 g/mol. The van der Waals surface area contributed by atoms with Gasteiger partial charge in [0.2, 0.25) is 0 Å². The molecule has 0 radical (unpaired) electrons. The molecule has 2 aliphatic rings. The van der Waals surface area contributed by atoms with Crippen molar-refractivity contribution in [2.24, 2.45) is 11.8 Å². The van der Waals surface area contributed by atoms with Crippen LogP contribution in [0.3, 0.4) is 0 Å². The molecule has 2 bridgehead atoms. The number of unbranched alkanes of at least 4 members (excludes halogenated alkanes) is 3. The first kappa shape index (κ1) is 29.2. The standard InChI is InChI=1S/C16H31O2Si.3C4H9.Sn/c1-11-13-9-10-16(6,17-13)12(2)14(11)18-19(7,8)15(3,4)5;3*1-3-4-2;/h9,11-14H,10H2,1-8H3;3*1,3-4H2,2H3;/t11-,12-,13+,14-,16-;;;;/m1..../s1. The second-order valence-corrected chi connectivity index (χ2v) is 32.3. The summed E-state index contributed by atoms with van der Waals surface area (Å²) < 4.78 is 20.0. The van der Waals surface area contributed by atoms with Gasteiger partial charge >= 0.3 is 208 Å². The van der Waals surface area contributed by atoms with Gasteiger partial charge < -0.3 is 0 Å². The zero-order valence-electron chi connectivity index (χ0n) is 23.8. The van der Waals surface area contributed by atoms with E-state index in [9.17, 15) is 0 Å². The first-order valence-corrected chi connectivity index (χ1v) is 24.7. The Morgan fingerprint density at radius 2 is 1.41 bits per heavy atom. The molecule has 0 aromatic heterocycles. The van der Waals surface area contributed by atoms with E-state index in [4.69, 9.17) is 9.16 Å². The van der Waals surface area contributed by atoms with E-state index in [1.807, 2.05) is 0 Å². The summed E-state index contributed by atoms with van der Waals surface area (Å²) in [6.07, 6.45) is 10.6. The van der Waals surface area contributed by atoms with Crippen LogP contribution in [0, 0.1) is 11.8 Å². The van der Waals surface area contributed by atoms with Crippen molar-refractivity contribution in [2.75, 3.05) is 0 Å². The molecule has 0 spiro atoms. The summed E-state index contributed by atoms with van der Waals surface area (Å²) in [6.45, 7) is 26.6. The first-order chi connectivity index (χ1) is 14.8. The Morgan fingerprint density at radius 3 is 1.81 bits per heavy atom. The molecule has 190 valence electrons. The molecule has 0 aromatic rings. The zero-order valence-corrected chi connectivity index (χ0v) is 27.6. The topological polar surface area (TPSA) is 18.5 Å². The summed E-state index contributed by atoms with van der Waals surface area (Å²) >= 11 is -2.38. The first-order valence-electron chi connectivity index (χ1n) is 14.1. The molecule has 0 amide bonds. The summed E-state index contributed by atoms with van der Waals surface area (Å²) in [5, 5.41) is 0.260. The van der Waals surface area contributed by atoms with Crippen LogP contribution in [0.2, 0.25) is 35.4 Å². The Bertz CT molecular complexity index is 565. The van der Waals surface area contributed by atoms with Gasteiger partial charge in [-0.1, -0.05) is 0 Å². The van der Waals surface area contributed by atoms with Gasteiger partial charge in [-0.25, -0.2) is 0 Å². The van der Waals surface area contributed by atoms with Gasteiger partial charge in [0.05, 0.1) is 0 Å². The molecule has 2 nitrogen and oxygen atoms in total. The number of hydrogen-bond donors (Lipinski definition) is 0. The summed E-state index contributed by atoms with van der Waals surface area (Å²) in [5.41, 5.74) is 0.0156. The number of ether oxygens (including phenoxy) is 1. The van der Waals surface area contributed by atoms with E-state index in [1.165, 1.54) is 44.9 Å². The van der Waals surface area contributed by atoms with Crippen molar-refractivity contribution in [3.8, 4) is 0 Å². The van der Waals surface area contributed by atoms with E-state index in [-0.39, 0.29) is 10.6 Å². The monoisotopic (exact) mass is 574 g/mol. The normalized spacial score (nSPS) is 33.7. The van der Waals surface area contributed by atoms with Gasteiger partial charge in [-0.3, -0.25) is 0 Å². The third-order valence-corrected chi connectivity index (χ3v) is 32.1. The van der Waals surface area contributed by atoms with Crippen molar-refractivity contribution in [3.05, 3.63) is 0 Å². The predicted octanol–water partition coefficient (Wildman–Crippen LogP) is 9.43. The van der Waals surface area contributed by atoms with E-state index in [2.05, 4.69) is 75.4 Å². The Morgan fingerprint density at radius 1 is 0.938 bits per heavy atom. The molecule has 0 N–H and O–H groups in total. The van der Waals surface area contributed by atoms with Crippen LogP contribution >= 0.6 is 0 Å². The van der Waals surface area contributed by atoms with Crippen LogP contribution in [0.4, 0.5) is 0 Å². The minimum absolute atomic E-state index is 0.0156. The second-order valence-electron chi connectivity index (χ2n) is 13.4. The van der Waals surface area contributed by atoms with Crippen LogP contribution in [0.25, 0.3) is 0 Å². The summed E-state index contributed by atoms with van der Waals surface area (Å²) in [5.74, 6) is 1.01. The number of rotatable bonds is 12. The van der Waals surface area contributed by atoms with Crippen molar-refractivity contribution in [3.63, 3.8) is 0 Å². The summed E-state index contributed by atoms with van der Waals surface area (Å²) in [6, 6.07) is 0. The van der Waals surface area contributed by atoms with E-state index >= 15 is 0 Å².